The van der Waals surface area contributed by atoms with Crippen LogP contribution in [0.3, 0.4) is 0 Å². The molecule has 2 N–H and O–H groups in total. The molecule has 2 aromatic heterocycles. The number of carbonyl (C=O) groups is 1. The second kappa shape index (κ2) is 8.24. The Morgan fingerprint density at radius 3 is 2.81 bits per heavy atom. The second-order valence-corrected chi connectivity index (χ2v) is 6.07. The number of H-pyrrole nitrogens is 1. The summed E-state index contributed by atoms with van der Waals surface area (Å²) in [7, 11) is 0. The molecule has 0 bridgehead atoms. The number of aromatic nitrogens is 4. The largest absolute Gasteiger partial charge is 0.349 e. The normalized spacial score (nSPS) is 11.9. The van der Waals surface area contributed by atoms with Gasteiger partial charge in [0.05, 0.1) is 18.8 Å². The highest BCUT2D eigenvalue weighted by atomic mass is 16.2. The average molecular weight is 351 g/mol. The van der Waals surface area contributed by atoms with E-state index in [4.69, 9.17) is 0 Å². The van der Waals surface area contributed by atoms with E-state index in [9.17, 15) is 9.59 Å². The maximum atomic E-state index is 12.5. The van der Waals surface area contributed by atoms with Crippen molar-refractivity contribution in [1.82, 2.24) is 24.8 Å². The highest BCUT2D eigenvalue weighted by Crippen LogP contribution is 2.18. The topological polar surface area (TPSA) is 92.7 Å². The highest BCUT2D eigenvalue weighted by Gasteiger charge is 2.16. The van der Waals surface area contributed by atoms with Gasteiger partial charge in [0.15, 0.2) is 0 Å². The van der Waals surface area contributed by atoms with Gasteiger partial charge in [0.1, 0.15) is 5.82 Å². The molecule has 0 fully saturated rings. The van der Waals surface area contributed by atoms with Crippen molar-refractivity contribution in [2.24, 2.45) is 0 Å². The van der Waals surface area contributed by atoms with Gasteiger partial charge in [-0.1, -0.05) is 30.3 Å². The number of imidazole rings is 1. The van der Waals surface area contributed by atoms with Crippen LogP contribution >= 0.6 is 0 Å². The van der Waals surface area contributed by atoms with E-state index in [-0.39, 0.29) is 23.9 Å². The fraction of sp³-hybridized carbons (Fsp3) is 0.263. The highest BCUT2D eigenvalue weighted by molar-refractivity contribution is 5.78. The van der Waals surface area contributed by atoms with Gasteiger partial charge < -0.3 is 14.9 Å². The molecule has 2 heterocycles. The quantitative estimate of drug-likeness (QED) is 0.678. The van der Waals surface area contributed by atoms with Crippen LogP contribution in [0.15, 0.2) is 60.0 Å². The van der Waals surface area contributed by atoms with Crippen LogP contribution in [0.1, 0.15) is 29.4 Å². The maximum Gasteiger partial charge on any atom is 0.254 e. The van der Waals surface area contributed by atoms with E-state index in [1.54, 1.807) is 6.20 Å². The summed E-state index contributed by atoms with van der Waals surface area (Å²) in [5.74, 6) is 0.727. The molecular formula is C19H21N5O2. The Kier molecular flexibility index (Phi) is 5.58. The molecule has 0 radical (unpaired) electrons. The van der Waals surface area contributed by atoms with Gasteiger partial charge >= 0.3 is 0 Å². The van der Waals surface area contributed by atoms with E-state index in [0.29, 0.717) is 5.56 Å². The van der Waals surface area contributed by atoms with Crippen LogP contribution in [-0.2, 0) is 17.8 Å². The molecular weight excluding hydrogens is 330 g/mol. The number of rotatable bonds is 7. The number of amides is 1. The first kappa shape index (κ1) is 17.6. The van der Waals surface area contributed by atoms with Crippen molar-refractivity contribution in [3.8, 4) is 0 Å². The predicted octanol–water partition coefficient (Wildman–Crippen LogP) is 1.77. The first-order valence-corrected chi connectivity index (χ1v) is 8.47. The summed E-state index contributed by atoms with van der Waals surface area (Å²) in [6.07, 6.45) is 7.14. The number of nitrogens with one attached hydrogen (secondary N) is 2. The van der Waals surface area contributed by atoms with Crippen LogP contribution in [0, 0.1) is 6.92 Å². The molecule has 0 unspecified atom stereocenters. The maximum absolute atomic E-state index is 12.5. The van der Waals surface area contributed by atoms with E-state index >= 15 is 0 Å². The Bertz CT molecular complexity index is 917. The van der Waals surface area contributed by atoms with Gasteiger partial charge in [0.25, 0.3) is 5.56 Å². The zero-order chi connectivity index (χ0) is 18.4. The molecule has 0 saturated heterocycles. The molecule has 1 aromatic carbocycles. The second-order valence-electron chi connectivity index (χ2n) is 6.07. The number of nitrogens with zero attached hydrogens (tertiary/aromatic N) is 3. The lowest BCUT2D eigenvalue weighted by Gasteiger charge is -2.20. The summed E-state index contributed by atoms with van der Waals surface area (Å²) in [6.45, 7) is 2.68. The van der Waals surface area contributed by atoms with E-state index in [0.717, 1.165) is 24.4 Å². The zero-order valence-corrected chi connectivity index (χ0v) is 14.6. The smallest absolute Gasteiger partial charge is 0.254 e. The molecule has 0 aliphatic heterocycles. The Hall–Kier alpha value is -3.22. The van der Waals surface area contributed by atoms with Crippen molar-refractivity contribution in [2.75, 3.05) is 0 Å². The van der Waals surface area contributed by atoms with Gasteiger partial charge in [-0.15, -0.1) is 0 Å². The molecule has 7 heteroatoms. The van der Waals surface area contributed by atoms with Crippen LogP contribution in [-0.4, -0.2) is 25.4 Å². The van der Waals surface area contributed by atoms with Crippen LogP contribution in [0.25, 0.3) is 0 Å². The van der Waals surface area contributed by atoms with Gasteiger partial charge in [-0.25, -0.2) is 9.97 Å². The number of carbonyl (C=O) groups excluding carboxylic acids is 1. The third-order valence-electron chi connectivity index (χ3n) is 4.26. The minimum atomic E-state index is -0.291. The van der Waals surface area contributed by atoms with Crippen molar-refractivity contribution >= 4 is 5.91 Å². The standard InChI is InChI=1S/C19H21N5O2/c1-14-21-8-10-24(14)9-7-17(15-5-3-2-4-6-15)23-18(25)11-16-12-20-13-22-19(16)26/h2-6,8,10,12-13,17H,7,9,11H2,1H3,(H,23,25)(H,20,22,26)/t17-/m1/s1. The number of hydrogen-bond donors (Lipinski definition) is 2. The SMILES string of the molecule is Cc1nccn1CC[C@@H](NC(=O)Cc1cnc[nH]c1=O)c1ccccc1. The van der Waals surface area contributed by atoms with Crippen molar-refractivity contribution in [1.29, 1.82) is 0 Å². The van der Waals surface area contributed by atoms with Gasteiger partial charge in [0, 0.05) is 30.7 Å². The van der Waals surface area contributed by atoms with Crippen molar-refractivity contribution in [3.63, 3.8) is 0 Å². The predicted molar refractivity (Wildman–Crippen MR) is 97.5 cm³/mol. The number of aromatic amines is 1. The summed E-state index contributed by atoms with van der Waals surface area (Å²) in [6, 6.07) is 9.66. The number of hydrogen-bond acceptors (Lipinski definition) is 4. The molecule has 3 rings (SSSR count). The fourth-order valence-electron chi connectivity index (χ4n) is 2.83. The van der Waals surface area contributed by atoms with Crippen molar-refractivity contribution < 1.29 is 4.79 Å². The van der Waals surface area contributed by atoms with E-state index in [1.165, 1.54) is 12.5 Å². The summed E-state index contributed by atoms with van der Waals surface area (Å²) < 4.78 is 2.05. The summed E-state index contributed by atoms with van der Waals surface area (Å²) in [5.41, 5.74) is 1.08. The number of aryl methyl sites for hydroxylation is 2. The molecule has 26 heavy (non-hydrogen) atoms. The van der Waals surface area contributed by atoms with Gasteiger partial charge in [-0.2, -0.15) is 0 Å². The Morgan fingerprint density at radius 1 is 1.31 bits per heavy atom. The molecule has 0 aliphatic rings. The molecule has 3 aromatic rings. The van der Waals surface area contributed by atoms with Gasteiger partial charge in [-0.05, 0) is 18.9 Å². The molecule has 0 spiro atoms. The number of benzene rings is 1. The minimum Gasteiger partial charge on any atom is -0.349 e. The Labute approximate surface area is 151 Å². The fourth-order valence-corrected chi connectivity index (χ4v) is 2.83. The first-order chi connectivity index (χ1) is 12.6. The van der Waals surface area contributed by atoms with Crippen molar-refractivity contribution in [2.45, 2.75) is 32.4 Å². The van der Waals surface area contributed by atoms with Crippen molar-refractivity contribution in [3.05, 3.63) is 82.6 Å². The summed E-state index contributed by atoms with van der Waals surface area (Å²) in [5, 5.41) is 3.04. The molecule has 0 aliphatic carbocycles. The Morgan fingerprint density at radius 2 is 2.12 bits per heavy atom. The van der Waals surface area contributed by atoms with E-state index < -0.39 is 0 Å². The average Bonchev–Trinajstić information content (AvgIpc) is 3.06. The summed E-state index contributed by atoms with van der Waals surface area (Å²) >= 11 is 0. The minimum absolute atomic E-state index is 0.00336. The first-order valence-electron chi connectivity index (χ1n) is 8.47. The lowest BCUT2D eigenvalue weighted by molar-refractivity contribution is -0.121. The molecule has 7 nitrogen and oxygen atoms in total. The van der Waals surface area contributed by atoms with Crippen LogP contribution in [0.2, 0.25) is 0 Å². The Balaban J connectivity index is 1.71. The van der Waals surface area contributed by atoms with E-state index in [2.05, 4.69) is 20.3 Å². The molecule has 1 atom stereocenters. The van der Waals surface area contributed by atoms with Crippen LogP contribution < -0.4 is 10.9 Å². The lowest BCUT2D eigenvalue weighted by atomic mass is 10.0. The molecule has 0 saturated carbocycles. The van der Waals surface area contributed by atoms with E-state index in [1.807, 2.05) is 48.0 Å². The molecule has 134 valence electrons. The lowest BCUT2D eigenvalue weighted by Crippen LogP contribution is -2.32. The van der Waals surface area contributed by atoms with Gasteiger partial charge in [0.2, 0.25) is 5.91 Å². The zero-order valence-electron chi connectivity index (χ0n) is 14.6. The van der Waals surface area contributed by atoms with Crippen LogP contribution in [0.4, 0.5) is 0 Å². The third kappa shape index (κ3) is 4.44. The van der Waals surface area contributed by atoms with Gasteiger partial charge in [-0.3, -0.25) is 9.59 Å². The van der Waals surface area contributed by atoms with Crippen LogP contribution in [0.5, 0.6) is 0 Å². The molecule has 1 amide bonds. The summed E-state index contributed by atoms with van der Waals surface area (Å²) in [4.78, 5) is 34.8. The third-order valence-corrected chi connectivity index (χ3v) is 4.26. The monoisotopic (exact) mass is 351 g/mol.